The van der Waals surface area contributed by atoms with Crippen LogP contribution < -0.4 is 88.0 Å². The number of carboxylic acids is 2. The number of amides is 10. The van der Waals surface area contributed by atoms with Gasteiger partial charge in [-0.05, 0) is 130 Å². The second-order valence-electron chi connectivity index (χ2n) is 21.4. The second kappa shape index (κ2) is 39.6. The number of hydrogen-bond donors (Lipinski definition) is 19. The predicted molar refractivity (Wildman–Crippen MR) is 314 cm³/mol. The molecule has 0 unspecified atom stereocenters. The minimum absolute atomic E-state index is 0.0189. The standard InChI is InChI=1S/C52H95N19O15/c1-26(2)39(50(85)86)70-47(82)34(17-12-24-61-52(58)59)67-45(80)32(15-8-10-22-54)66-44(79)31(14-7-9-21-53)65-42(77)29(5)63-40(75)27(3)62-41(76)28(4)64-43(78)35(19-20-37(73)74)68-46(81)33(16-11-23-60-51(56)57)69-48(83)36-18-13-25-71(36)49(84)38(55)30(6)72/h26-36,38-39,72H,7-25,53-55H2,1-6H3,(H,62,76)(H,63,75)(H,64,78)(H,65,77)(H,66,79)(H,67,80)(H,68,81)(H,69,83)(H,70,82)(H,73,74)(H,85,86)(H4,56,57,60)(H4,58,59,61)/t27-,28-,29-,30+,31-,32-,33-,34-,35-,36-,38-,39-/m0/s1. The third-order valence-electron chi connectivity index (χ3n) is 13.7. The van der Waals surface area contributed by atoms with E-state index in [4.69, 9.17) is 40.1 Å². The molecule has 0 radical (unpaired) electrons. The van der Waals surface area contributed by atoms with E-state index in [0.717, 1.165) is 0 Å². The van der Waals surface area contributed by atoms with Crippen LogP contribution in [-0.4, -0.2) is 208 Å². The number of carbonyl (C=O) groups excluding carboxylic acids is 10. The fourth-order valence-electron chi connectivity index (χ4n) is 8.64. The number of aliphatic hydroxyl groups is 1. The molecule has 1 fully saturated rings. The van der Waals surface area contributed by atoms with Gasteiger partial charge in [0.05, 0.1) is 6.10 Å². The lowest BCUT2D eigenvalue weighted by Gasteiger charge is -2.29. The number of carbonyl (C=O) groups is 12. The maximum absolute atomic E-state index is 14.0. The first kappa shape index (κ1) is 76.0. The summed E-state index contributed by atoms with van der Waals surface area (Å²) in [5.41, 5.74) is 39.0. The van der Waals surface area contributed by atoms with Crippen LogP contribution in [0.1, 0.15) is 131 Å². The average Bonchev–Trinajstić information content (AvgIpc) is 4.18. The topological polar surface area (TPSA) is 584 Å². The SMILES string of the molecule is CC(C)[C@H](NC(=O)[C@H](CCCN=C(N)N)NC(=O)[C@H](CCCCN)NC(=O)[C@H](CCCCN)NC(=O)[C@H](C)NC(=O)[C@H](C)NC(=O)[C@H](C)NC(=O)[C@H](CCC(=O)O)NC(=O)[C@H](CCCN=C(N)N)NC(=O)[C@@H]1CCCN1C(=O)[C@@H](N)[C@@H](C)O)C(=O)O. The Kier molecular flexibility index (Phi) is 35.0. The molecule has 0 bridgehead atoms. The number of likely N-dealkylation sites (tertiary alicyclic amines) is 1. The van der Waals surface area contributed by atoms with Gasteiger partial charge in [0.1, 0.15) is 66.5 Å². The average molecular weight is 1230 g/mol. The van der Waals surface area contributed by atoms with Crippen molar-refractivity contribution in [1.29, 1.82) is 0 Å². The summed E-state index contributed by atoms with van der Waals surface area (Å²) in [5, 5.41) is 51.7. The number of carboxylic acid groups (broad SMARTS) is 2. The molecule has 86 heavy (non-hydrogen) atoms. The maximum Gasteiger partial charge on any atom is 0.326 e. The summed E-state index contributed by atoms with van der Waals surface area (Å²) in [4.78, 5) is 169. The molecule has 1 saturated heterocycles. The number of unbranched alkanes of at least 4 members (excludes halogenated alkanes) is 2. The summed E-state index contributed by atoms with van der Waals surface area (Å²) in [6.07, 6.45) is 0.0153. The molecule has 0 aromatic carbocycles. The van der Waals surface area contributed by atoms with Crippen LogP contribution in [0.15, 0.2) is 9.98 Å². The molecule has 12 atom stereocenters. The lowest BCUT2D eigenvalue weighted by Crippen LogP contribution is -2.60. The molecule has 1 aliphatic heterocycles. The third kappa shape index (κ3) is 28.3. The lowest BCUT2D eigenvalue weighted by atomic mass is 10.0. The Morgan fingerprint density at radius 1 is 0.500 bits per heavy atom. The molecule has 34 heteroatoms. The number of rotatable bonds is 41. The van der Waals surface area contributed by atoms with Gasteiger partial charge in [0.15, 0.2) is 11.9 Å². The summed E-state index contributed by atoms with van der Waals surface area (Å²) in [6.45, 7) is 8.99. The second-order valence-corrected chi connectivity index (χ2v) is 21.4. The number of hydrogen-bond acceptors (Lipinski definition) is 18. The monoisotopic (exact) mass is 1230 g/mol. The predicted octanol–water partition coefficient (Wildman–Crippen LogP) is -6.92. The summed E-state index contributed by atoms with van der Waals surface area (Å²) >= 11 is 0. The maximum atomic E-state index is 14.0. The molecule has 1 heterocycles. The molecule has 0 aromatic heterocycles. The molecule has 26 N–H and O–H groups in total. The molecule has 0 aromatic rings. The normalized spacial score (nSPS) is 16.7. The van der Waals surface area contributed by atoms with Gasteiger partial charge in [-0.15, -0.1) is 0 Å². The van der Waals surface area contributed by atoms with Gasteiger partial charge < -0.3 is 108 Å². The minimum Gasteiger partial charge on any atom is -0.481 e. The Morgan fingerprint density at radius 3 is 1.24 bits per heavy atom. The first-order valence-corrected chi connectivity index (χ1v) is 28.8. The Labute approximate surface area is 500 Å². The van der Waals surface area contributed by atoms with Crippen molar-refractivity contribution in [2.45, 2.75) is 204 Å². The largest absolute Gasteiger partial charge is 0.481 e. The van der Waals surface area contributed by atoms with E-state index in [9.17, 15) is 72.9 Å². The van der Waals surface area contributed by atoms with Crippen molar-refractivity contribution in [2.24, 2.45) is 56.0 Å². The number of guanidine groups is 2. The van der Waals surface area contributed by atoms with Gasteiger partial charge in [-0.3, -0.25) is 62.7 Å². The molecule has 1 rings (SSSR count). The van der Waals surface area contributed by atoms with Crippen molar-refractivity contribution in [2.75, 3.05) is 32.7 Å². The first-order chi connectivity index (χ1) is 40.4. The number of aliphatic imine (C=N–C) groups is 2. The minimum atomic E-state index is -1.60. The first-order valence-electron chi connectivity index (χ1n) is 28.8. The van der Waals surface area contributed by atoms with Crippen LogP contribution >= 0.6 is 0 Å². The van der Waals surface area contributed by atoms with Gasteiger partial charge in [-0.25, -0.2) is 4.79 Å². The molecule has 34 nitrogen and oxygen atoms in total. The van der Waals surface area contributed by atoms with E-state index in [-0.39, 0.29) is 89.6 Å². The lowest BCUT2D eigenvalue weighted by molar-refractivity contribution is -0.143. The smallest absolute Gasteiger partial charge is 0.326 e. The van der Waals surface area contributed by atoms with Gasteiger partial charge in [-0.2, -0.15) is 0 Å². The zero-order chi connectivity index (χ0) is 65.4. The number of aliphatic hydroxyl groups excluding tert-OH is 1. The third-order valence-corrected chi connectivity index (χ3v) is 13.7. The van der Waals surface area contributed by atoms with Crippen molar-refractivity contribution < 1.29 is 72.9 Å². The van der Waals surface area contributed by atoms with E-state index >= 15 is 0 Å². The molecular weight excluding hydrogens is 1130 g/mol. The van der Waals surface area contributed by atoms with Crippen LogP contribution in [0.4, 0.5) is 0 Å². The van der Waals surface area contributed by atoms with Crippen molar-refractivity contribution in [3.8, 4) is 0 Å². The van der Waals surface area contributed by atoms with E-state index in [1.165, 1.54) is 32.6 Å². The fraction of sp³-hybridized carbons (Fsp3) is 0.731. The highest BCUT2D eigenvalue weighted by Crippen LogP contribution is 2.20. The highest BCUT2D eigenvalue weighted by molar-refractivity contribution is 5.99. The molecule has 1 aliphatic rings. The zero-order valence-corrected chi connectivity index (χ0v) is 50.1. The molecule has 0 spiro atoms. The molecule has 10 amide bonds. The molecule has 488 valence electrons. The van der Waals surface area contributed by atoms with Crippen LogP contribution in [0.25, 0.3) is 0 Å². The highest BCUT2D eigenvalue weighted by Gasteiger charge is 2.40. The van der Waals surface area contributed by atoms with Crippen LogP contribution in [0.3, 0.4) is 0 Å². The van der Waals surface area contributed by atoms with Crippen LogP contribution in [-0.2, 0) is 57.5 Å². The Morgan fingerprint density at radius 2 is 0.860 bits per heavy atom. The van der Waals surface area contributed by atoms with E-state index in [1.807, 2.05) is 0 Å². The Hall–Kier alpha value is -7.98. The zero-order valence-electron chi connectivity index (χ0n) is 50.1. The van der Waals surface area contributed by atoms with Crippen LogP contribution in [0.5, 0.6) is 0 Å². The van der Waals surface area contributed by atoms with Crippen LogP contribution in [0, 0.1) is 5.92 Å². The summed E-state index contributed by atoms with van der Waals surface area (Å²) in [5.74, 6) is -12.1. The van der Waals surface area contributed by atoms with E-state index in [2.05, 4.69) is 57.8 Å². The molecule has 0 aliphatic carbocycles. The summed E-state index contributed by atoms with van der Waals surface area (Å²) < 4.78 is 0. The summed E-state index contributed by atoms with van der Waals surface area (Å²) in [7, 11) is 0. The van der Waals surface area contributed by atoms with Crippen LogP contribution in [0.2, 0.25) is 0 Å². The summed E-state index contributed by atoms with van der Waals surface area (Å²) in [6, 6.07) is -14.7. The van der Waals surface area contributed by atoms with E-state index < -0.39 is 162 Å². The van der Waals surface area contributed by atoms with Gasteiger partial charge in [-0.1, -0.05) is 13.8 Å². The van der Waals surface area contributed by atoms with E-state index in [0.29, 0.717) is 32.1 Å². The van der Waals surface area contributed by atoms with E-state index in [1.54, 1.807) is 13.8 Å². The van der Waals surface area contributed by atoms with Crippen molar-refractivity contribution in [3.05, 3.63) is 0 Å². The highest BCUT2D eigenvalue weighted by atomic mass is 16.4. The fourth-order valence-corrected chi connectivity index (χ4v) is 8.64. The van der Waals surface area contributed by atoms with Crippen molar-refractivity contribution in [3.63, 3.8) is 0 Å². The number of nitrogens with two attached hydrogens (primary N) is 7. The quantitative estimate of drug-likeness (QED) is 0.0154. The van der Waals surface area contributed by atoms with Gasteiger partial charge in [0.25, 0.3) is 0 Å². The molecule has 0 saturated carbocycles. The number of aliphatic carboxylic acids is 2. The van der Waals surface area contributed by atoms with Crippen molar-refractivity contribution >= 4 is 82.9 Å². The number of nitrogens with one attached hydrogen (secondary N) is 9. The van der Waals surface area contributed by atoms with Gasteiger partial charge >= 0.3 is 11.9 Å². The Bertz CT molecular complexity index is 2350. The van der Waals surface area contributed by atoms with Crippen molar-refractivity contribution in [1.82, 2.24) is 52.8 Å². The number of nitrogens with zero attached hydrogens (tertiary/aromatic N) is 3. The van der Waals surface area contributed by atoms with Gasteiger partial charge in [0, 0.05) is 26.1 Å². The Balaban J connectivity index is 3.25. The van der Waals surface area contributed by atoms with Gasteiger partial charge in [0.2, 0.25) is 59.1 Å². The molecular formula is C52H95N19O15.